The number of benzene rings is 1. The van der Waals surface area contributed by atoms with Crippen molar-refractivity contribution in [3.05, 3.63) is 29.8 Å². The van der Waals surface area contributed by atoms with Crippen molar-refractivity contribution < 1.29 is 8.42 Å². The van der Waals surface area contributed by atoms with E-state index in [-0.39, 0.29) is 6.04 Å². The largest absolute Gasteiger partial charge is 0.393 e. The molecular weight excluding hydrogens is 280 g/mol. The summed E-state index contributed by atoms with van der Waals surface area (Å²) in [6, 6.07) is 7.10. The van der Waals surface area contributed by atoms with Crippen LogP contribution in [0.25, 0.3) is 0 Å². The molecule has 19 heavy (non-hydrogen) atoms. The summed E-state index contributed by atoms with van der Waals surface area (Å²) in [5, 5.41) is 0. The van der Waals surface area contributed by atoms with Crippen molar-refractivity contribution in [2.75, 3.05) is 6.54 Å². The summed E-state index contributed by atoms with van der Waals surface area (Å²) in [6.07, 6.45) is 2.27. The molecule has 0 saturated heterocycles. The molecule has 0 aromatic heterocycles. The minimum Gasteiger partial charge on any atom is -0.393 e. The minimum atomic E-state index is -3.44. The lowest BCUT2D eigenvalue weighted by atomic mass is 10.2. The predicted octanol–water partition coefficient (Wildman–Crippen LogP) is 1.82. The van der Waals surface area contributed by atoms with Gasteiger partial charge in [-0.15, -0.1) is 0 Å². The summed E-state index contributed by atoms with van der Waals surface area (Å²) < 4.78 is 26.8. The Labute approximate surface area is 119 Å². The van der Waals surface area contributed by atoms with Gasteiger partial charge in [-0.1, -0.05) is 24.4 Å². The third-order valence-electron chi connectivity index (χ3n) is 3.13. The first-order valence-corrected chi connectivity index (χ1v) is 8.13. The Morgan fingerprint density at radius 3 is 2.68 bits per heavy atom. The van der Waals surface area contributed by atoms with Crippen molar-refractivity contribution >= 4 is 27.2 Å². The van der Waals surface area contributed by atoms with E-state index in [2.05, 4.69) is 0 Å². The Morgan fingerprint density at radius 1 is 1.47 bits per heavy atom. The average Bonchev–Trinajstić information content (AvgIpc) is 3.13. The summed E-state index contributed by atoms with van der Waals surface area (Å²) in [7, 11) is -3.44. The van der Waals surface area contributed by atoms with Crippen LogP contribution in [0.4, 0.5) is 0 Å². The normalized spacial score (nSPS) is 15.7. The summed E-state index contributed by atoms with van der Waals surface area (Å²) in [4.78, 5) is 0.701. The van der Waals surface area contributed by atoms with Crippen molar-refractivity contribution in [1.29, 1.82) is 0 Å². The monoisotopic (exact) mass is 298 g/mol. The van der Waals surface area contributed by atoms with Crippen molar-refractivity contribution in [1.82, 2.24) is 4.31 Å². The van der Waals surface area contributed by atoms with E-state index in [1.54, 1.807) is 22.5 Å². The number of hydrogen-bond acceptors (Lipinski definition) is 3. The molecule has 0 aliphatic heterocycles. The molecule has 0 radical (unpaired) electrons. The molecule has 1 aliphatic rings. The molecule has 1 fully saturated rings. The quantitative estimate of drug-likeness (QED) is 0.814. The SMILES string of the molecule is Cc1cccc(S(=O)(=O)N(CCC(N)=S)C2CC2)c1. The highest BCUT2D eigenvalue weighted by Gasteiger charge is 2.37. The number of hydrogen-bond donors (Lipinski definition) is 1. The molecule has 104 valence electrons. The number of thiocarbonyl (C=S) groups is 1. The van der Waals surface area contributed by atoms with Crippen LogP contribution in [-0.4, -0.2) is 30.3 Å². The van der Waals surface area contributed by atoms with Crippen LogP contribution in [0.5, 0.6) is 0 Å². The molecule has 0 atom stereocenters. The maximum Gasteiger partial charge on any atom is 0.243 e. The van der Waals surface area contributed by atoms with E-state index in [4.69, 9.17) is 18.0 Å². The summed E-state index contributed by atoms with van der Waals surface area (Å²) in [5.74, 6) is 0. The second kappa shape index (κ2) is 5.56. The van der Waals surface area contributed by atoms with Gasteiger partial charge in [0, 0.05) is 19.0 Å². The van der Waals surface area contributed by atoms with Crippen LogP contribution in [-0.2, 0) is 10.0 Å². The van der Waals surface area contributed by atoms with Crippen LogP contribution >= 0.6 is 12.2 Å². The number of rotatable bonds is 6. The van der Waals surface area contributed by atoms with Crippen molar-refractivity contribution in [3.63, 3.8) is 0 Å². The first-order valence-electron chi connectivity index (χ1n) is 6.28. The van der Waals surface area contributed by atoms with Crippen molar-refractivity contribution in [2.45, 2.75) is 37.1 Å². The minimum absolute atomic E-state index is 0.111. The third-order valence-corrected chi connectivity index (χ3v) is 5.28. The van der Waals surface area contributed by atoms with Crippen molar-refractivity contribution in [3.8, 4) is 0 Å². The molecule has 0 spiro atoms. The topological polar surface area (TPSA) is 63.4 Å². The lowest BCUT2D eigenvalue weighted by Gasteiger charge is -2.21. The molecule has 1 aliphatic carbocycles. The van der Waals surface area contributed by atoms with Crippen LogP contribution in [0.1, 0.15) is 24.8 Å². The maximum atomic E-state index is 12.6. The van der Waals surface area contributed by atoms with Crippen LogP contribution < -0.4 is 5.73 Å². The van der Waals surface area contributed by atoms with E-state index in [1.165, 1.54) is 0 Å². The van der Waals surface area contributed by atoms with Gasteiger partial charge in [-0.2, -0.15) is 4.31 Å². The highest BCUT2D eigenvalue weighted by Crippen LogP contribution is 2.32. The van der Waals surface area contributed by atoms with Gasteiger partial charge in [0.05, 0.1) is 9.88 Å². The van der Waals surface area contributed by atoms with Gasteiger partial charge in [0.1, 0.15) is 0 Å². The number of nitrogens with two attached hydrogens (primary N) is 1. The molecule has 1 saturated carbocycles. The first kappa shape index (κ1) is 14.4. The summed E-state index contributed by atoms with van der Waals surface area (Å²) in [5.41, 5.74) is 6.41. The van der Waals surface area contributed by atoms with Gasteiger partial charge in [-0.3, -0.25) is 0 Å². The lowest BCUT2D eigenvalue weighted by Crippen LogP contribution is -2.35. The number of aryl methyl sites for hydroxylation is 1. The van der Waals surface area contributed by atoms with E-state index in [0.717, 1.165) is 18.4 Å². The summed E-state index contributed by atoms with van der Waals surface area (Å²) >= 11 is 4.84. The number of sulfonamides is 1. The average molecular weight is 298 g/mol. The summed E-state index contributed by atoms with van der Waals surface area (Å²) in [6.45, 7) is 2.26. The van der Waals surface area contributed by atoms with E-state index >= 15 is 0 Å². The van der Waals surface area contributed by atoms with Gasteiger partial charge in [0.15, 0.2) is 0 Å². The maximum absolute atomic E-state index is 12.6. The Hall–Kier alpha value is -0.980. The Morgan fingerprint density at radius 2 is 2.16 bits per heavy atom. The van der Waals surface area contributed by atoms with E-state index in [1.807, 2.05) is 13.0 Å². The smallest absolute Gasteiger partial charge is 0.243 e. The standard InChI is InChI=1S/C13H18N2O2S2/c1-10-3-2-4-12(9-10)19(16,17)15(11-5-6-11)8-7-13(14)18/h2-4,9,11H,5-8H2,1H3,(H2,14,18). The van der Waals surface area contributed by atoms with Gasteiger partial charge in [0.2, 0.25) is 10.0 Å². The molecule has 0 amide bonds. The molecule has 1 aromatic carbocycles. The van der Waals surface area contributed by atoms with E-state index in [9.17, 15) is 8.42 Å². The molecule has 0 bridgehead atoms. The second-order valence-electron chi connectivity index (χ2n) is 4.88. The fraction of sp³-hybridized carbons (Fsp3) is 0.462. The molecule has 2 rings (SSSR count). The van der Waals surface area contributed by atoms with Crippen LogP contribution in [0.3, 0.4) is 0 Å². The van der Waals surface area contributed by atoms with E-state index < -0.39 is 10.0 Å². The predicted molar refractivity (Wildman–Crippen MR) is 79.5 cm³/mol. The van der Waals surface area contributed by atoms with Gasteiger partial charge < -0.3 is 5.73 Å². The van der Waals surface area contributed by atoms with Crippen molar-refractivity contribution in [2.24, 2.45) is 5.73 Å². The third kappa shape index (κ3) is 3.52. The molecule has 6 heteroatoms. The fourth-order valence-electron chi connectivity index (χ4n) is 1.99. The molecule has 4 nitrogen and oxygen atoms in total. The van der Waals surface area contributed by atoms with Crippen LogP contribution in [0.2, 0.25) is 0 Å². The lowest BCUT2D eigenvalue weighted by molar-refractivity contribution is 0.413. The zero-order chi connectivity index (χ0) is 14.0. The molecular formula is C13H18N2O2S2. The Balaban J connectivity index is 2.26. The highest BCUT2D eigenvalue weighted by atomic mass is 32.2. The zero-order valence-electron chi connectivity index (χ0n) is 10.9. The fourth-order valence-corrected chi connectivity index (χ4v) is 3.88. The van der Waals surface area contributed by atoms with E-state index in [0.29, 0.717) is 22.8 Å². The van der Waals surface area contributed by atoms with Crippen LogP contribution in [0, 0.1) is 6.92 Å². The molecule has 0 unspecified atom stereocenters. The zero-order valence-corrected chi connectivity index (χ0v) is 12.5. The Bertz CT molecular complexity index is 580. The first-order chi connectivity index (χ1) is 8.91. The number of nitrogens with zero attached hydrogens (tertiary/aromatic N) is 1. The van der Waals surface area contributed by atoms with Gasteiger partial charge in [0.25, 0.3) is 0 Å². The van der Waals surface area contributed by atoms with Crippen LogP contribution in [0.15, 0.2) is 29.2 Å². The molecule has 0 heterocycles. The van der Waals surface area contributed by atoms with Gasteiger partial charge in [-0.05, 0) is 37.5 Å². The highest BCUT2D eigenvalue weighted by molar-refractivity contribution is 7.89. The Kier molecular flexibility index (Phi) is 4.23. The van der Waals surface area contributed by atoms with Gasteiger partial charge in [-0.25, -0.2) is 8.42 Å². The second-order valence-corrected chi connectivity index (χ2v) is 7.29. The van der Waals surface area contributed by atoms with Gasteiger partial charge >= 0.3 is 0 Å². The molecule has 1 aromatic rings. The molecule has 2 N–H and O–H groups in total.